The fraction of sp³-hybridized carbons (Fsp3) is 0.182. The van der Waals surface area contributed by atoms with Gasteiger partial charge in [-0.15, -0.1) is 10.2 Å². The molecule has 0 saturated heterocycles. The van der Waals surface area contributed by atoms with Gasteiger partial charge in [0, 0.05) is 6.07 Å². The molecule has 0 saturated carbocycles. The third-order valence-corrected chi connectivity index (χ3v) is 5.18. The van der Waals surface area contributed by atoms with Crippen LogP contribution in [0.3, 0.4) is 0 Å². The Kier molecular flexibility index (Phi) is 4.94. The van der Waals surface area contributed by atoms with Gasteiger partial charge >= 0.3 is 0 Å². The first-order valence-corrected chi connectivity index (χ1v) is 8.08. The molecule has 0 unspecified atom stereocenters. The maximum atomic E-state index is 11.0. The van der Waals surface area contributed by atoms with Gasteiger partial charge in [0.2, 0.25) is 0 Å². The summed E-state index contributed by atoms with van der Waals surface area (Å²) in [5.74, 6) is 0.892. The van der Waals surface area contributed by atoms with Crippen LogP contribution in [-0.4, -0.2) is 20.9 Å². The first-order chi connectivity index (χ1) is 9.63. The molecule has 0 radical (unpaired) electrons. The summed E-state index contributed by atoms with van der Waals surface area (Å²) in [6.07, 6.45) is 0. The van der Waals surface area contributed by atoms with Gasteiger partial charge in [-0.05, 0) is 29.6 Å². The lowest BCUT2D eigenvalue weighted by Gasteiger charge is -2.00. The third kappa shape index (κ3) is 3.47. The lowest BCUT2D eigenvalue weighted by molar-refractivity contribution is -0.387. The van der Waals surface area contributed by atoms with Crippen molar-refractivity contribution >= 4 is 40.5 Å². The van der Waals surface area contributed by atoms with Crippen molar-refractivity contribution < 1.29 is 4.92 Å². The van der Waals surface area contributed by atoms with E-state index in [2.05, 4.69) is 10.2 Å². The molecule has 0 aliphatic rings. The molecule has 0 atom stereocenters. The van der Waals surface area contributed by atoms with E-state index < -0.39 is 4.92 Å². The molecular weight excluding hydrogens is 316 g/mol. The van der Waals surface area contributed by atoms with Crippen molar-refractivity contribution in [2.24, 2.45) is 0 Å². The van der Waals surface area contributed by atoms with E-state index in [0.29, 0.717) is 14.8 Å². The van der Waals surface area contributed by atoms with Crippen molar-refractivity contribution in [3.05, 3.63) is 33.9 Å². The standard InChI is InChI=1S/C11H8N4O2S3/c1-2-18-10-13-14-11(20-10)19-9-5-7(6-12)3-4-8(9)15(16)17/h3-5H,2H2,1H3. The molecule has 6 nitrogen and oxygen atoms in total. The second kappa shape index (κ2) is 6.69. The van der Waals surface area contributed by atoms with Crippen molar-refractivity contribution in [2.75, 3.05) is 5.75 Å². The number of hydrogen-bond acceptors (Lipinski definition) is 8. The molecule has 0 N–H and O–H groups in total. The van der Waals surface area contributed by atoms with Crippen LogP contribution in [-0.2, 0) is 0 Å². The lowest BCUT2D eigenvalue weighted by atomic mass is 10.2. The molecule has 0 amide bonds. The molecule has 9 heteroatoms. The fourth-order valence-electron chi connectivity index (χ4n) is 1.33. The quantitative estimate of drug-likeness (QED) is 0.471. The predicted octanol–water partition coefficient (Wildman–Crippen LogP) is 3.58. The second-order valence-electron chi connectivity index (χ2n) is 3.42. The van der Waals surface area contributed by atoms with E-state index in [0.717, 1.165) is 21.9 Å². The Bertz CT molecular complexity index is 681. The van der Waals surface area contributed by atoms with E-state index in [9.17, 15) is 10.1 Å². The fourth-order valence-corrected chi connectivity index (χ4v) is 4.35. The number of aromatic nitrogens is 2. The Morgan fingerprint density at radius 3 is 2.85 bits per heavy atom. The molecule has 1 heterocycles. The maximum Gasteiger partial charge on any atom is 0.283 e. The van der Waals surface area contributed by atoms with Crippen LogP contribution < -0.4 is 0 Å². The van der Waals surface area contributed by atoms with Crippen molar-refractivity contribution in [1.29, 1.82) is 5.26 Å². The van der Waals surface area contributed by atoms with E-state index in [-0.39, 0.29) is 5.69 Å². The van der Waals surface area contributed by atoms with Gasteiger partial charge in [-0.1, -0.05) is 30.0 Å². The summed E-state index contributed by atoms with van der Waals surface area (Å²) < 4.78 is 1.45. The number of nitro benzene ring substituents is 1. The minimum atomic E-state index is -0.466. The SMILES string of the molecule is CCSc1nnc(Sc2cc(C#N)ccc2[N+](=O)[O-])s1. The van der Waals surface area contributed by atoms with Gasteiger partial charge in [-0.2, -0.15) is 5.26 Å². The number of nitrogens with zero attached hydrogens (tertiary/aromatic N) is 4. The minimum Gasteiger partial charge on any atom is -0.258 e. The van der Waals surface area contributed by atoms with Gasteiger partial charge in [-0.3, -0.25) is 10.1 Å². The molecule has 2 rings (SSSR count). The Morgan fingerprint density at radius 1 is 1.45 bits per heavy atom. The predicted molar refractivity (Wildman–Crippen MR) is 78.2 cm³/mol. The number of nitro groups is 1. The van der Waals surface area contributed by atoms with E-state index in [4.69, 9.17) is 5.26 Å². The van der Waals surface area contributed by atoms with Gasteiger partial charge in [0.05, 0.1) is 21.5 Å². The van der Waals surface area contributed by atoms with Crippen LogP contribution >= 0.6 is 34.9 Å². The molecule has 20 heavy (non-hydrogen) atoms. The molecule has 0 aliphatic heterocycles. The van der Waals surface area contributed by atoms with E-state index in [1.165, 1.54) is 29.5 Å². The van der Waals surface area contributed by atoms with E-state index in [1.807, 2.05) is 13.0 Å². The summed E-state index contributed by atoms with van der Waals surface area (Å²) in [5.41, 5.74) is 0.347. The highest BCUT2D eigenvalue weighted by molar-refractivity contribution is 8.03. The molecule has 102 valence electrons. The zero-order valence-electron chi connectivity index (χ0n) is 10.3. The topological polar surface area (TPSA) is 92.7 Å². The maximum absolute atomic E-state index is 11.0. The van der Waals surface area contributed by atoms with Crippen LogP contribution in [0.25, 0.3) is 0 Å². The van der Waals surface area contributed by atoms with Crippen LogP contribution in [0.4, 0.5) is 5.69 Å². The monoisotopic (exact) mass is 324 g/mol. The molecule has 0 fully saturated rings. The largest absolute Gasteiger partial charge is 0.283 e. The van der Waals surface area contributed by atoms with Crippen molar-refractivity contribution in [3.63, 3.8) is 0 Å². The van der Waals surface area contributed by atoms with E-state index in [1.54, 1.807) is 11.8 Å². The van der Waals surface area contributed by atoms with Crippen LogP contribution in [0.2, 0.25) is 0 Å². The third-order valence-electron chi connectivity index (χ3n) is 2.14. The summed E-state index contributed by atoms with van der Waals surface area (Å²) in [7, 11) is 0. The summed E-state index contributed by atoms with van der Waals surface area (Å²) >= 11 is 4.11. The molecule has 0 aliphatic carbocycles. The van der Waals surface area contributed by atoms with Crippen molar-refractivity contribution in [2.45, 2.75) is 20.5 Å². The summed E-state index contributed by atoms with van der Waals surface area (Å²) in [6.45, 7) is 2.01. The molecule has 2 aromatic rings. The van der Waals surface area contributed by atoms with Crippen LogP contribution in [0.1, 0.15) is 12.5 Å². The second-order valence-corrected chi connectivity index (χ2v) is 7.20. The lowest BCUT2D eigenvalue weighted by Crippen LogP contribution is -1.91. The van der Waals surface area contributed by atoms with Gasteiger partial charge in [0.15, 0.2) is 8.68 Å². The Labute approximate surface area is 127 Å². The smallest absolute Gasteiger partial charge is 0.258 e. The van der Waals surface area contributed by atoms with Gasteiger partial charge in [-0.25, -0.2) is 0 Å². The average Bonchev–Trinajstić information content (AvgIpc) is 2.86. The Balaban J connectivity index is 2.30. The molecular formula is C11H8N4O2S3. The first-order valence-electron chi connectivity index (χ1n) is 5.46. The number of rotatable bonds is 5. The number of benzene rings is 1. The summed E-state index contributed by atoms with van der Waals surface area (Å²) in [4.78, 5) is 10.9. The first kappa shape index (κ1) is 14.8. The number of nitriles is 1. The molecule has 0 spiro atoms. The highest BCUT2D eigenvalue weighted by Gasteiger charge is 2.17. The Morgan fingerprint density at radius 2 is 2.20 bits per heavy atom. The molecule has 0 bridgehead atoms. The van der Waals surface area contributed by atoms with Gasteiger partial charge in [0.25, 0.3) is 5.69 Å². The number of hydrogen-bond donors (Lipinski definition) is 0. The Hall–Kier alpha value is -1.63. The molecule has 1 aromatic heterocycles. The summed E-state index contributed by atoms with van der Waals surface area (Å²) in [6, 6.07) is 6.24. The zero-order valence-corrected chi connectivity index (χ0v) is 12.7. The van der Waals surface area contributed by atoms with Gasteiger partial charge < -0.3 is 0 Å². The van der Waals surface area contributed by atoms with Crippen LogP contribution in [0, 0.1) is 21.4 Å². The molecule has 1 aromatic carbocycles. The van der Waals surface area contributed by atoms with Crippen molar-refractivity contribution in [3.8, 4) is 6.07 Å². The highest BCUT2D eigenvalue weighted by atomic mass is 32.2. The minimum absolute atomic E-state index is 0.0334. The van der Waals surface area contributed by atoms with Crippen LogP contribution in [0.5, 0.6) is 0 Å². The highest BCUT2D eigenvalue weighted by Crippen LogP contribution is 2.38. The van der Waals surface area contributed by atoms with Gasteiger partial charge in [0.1, 0.15) is 0 Å². The average molecular weight is 324 g/mol. The zero-order chi connectivity index (χ0) is 14.5. The van der Waals surface area contributed by atoms with Crippen molar-refractivity contribution in [1.82, 2.24) is 10.2 Å². The number of thioether (sulfide) groups is 1. The normalized spacial score (nSPS) is 10.2. The van der Waals surface area contributed by atoms with E-state index >= 15 is 0 Å². The summed E-state index contributed by atoms with van der Waals surface area (Å²) in [5, 5.41) is 27.9. The van der Waals surface area contributed by atoms with Crippen LogP contribution in [0.15, 0.2) is 31.8 Å².